The third-order valence-electron chi connectivity index (χ3n) is 3.24. The van der Waals surface area contributed by atoms with Crippen LogP contribution in [0.3, 0.4) is 0 Å². The molecule has 0 spiro atoms. The molecule has 0 bridgehead atoms. The second-order valence-electron chi connectivity index (χ2n) is 4.52. The lowest BCUT2D eigenvalue weighted by molar-refractivity contribution is -0.243. The van der Waals surface area contributed by atoms with Crippen molar-refractivity contribution in [3.63, 3.8) is 0 Å². The number of carbonyl (C=O) groups is 2. The molecule has 108 valence electrons. The number of nitrogens with zero attached hydrogens (tertiary/aromatic N) is 2. The number of alkyl halides is 3. The highest BCUT2D eigenvalue weighted by Crippen LogP contribution is 2.33. The van der Waals surface area contributed by atoms with Gasteiger partial charge in [0.15, 0.2) is 0 Å². The van der Waals surface area contributed by atoms with E-state index in [2.05, 4.69) is 0 Å². The highest BCUT2D eigenvalue weighted by Gasteiger charge is 2.51. The molecular formula is C13H13F3N2O2. The number of likely N-dealkylation sites (tertiary alicyclic amines) is 1. The first-order valence-corrected chi connectivity index (χ1v) is 6.04. The Bertz CT molecular complexity index is 516. The molecule has 4 nitrogen and oxygen atoms in total. The van der Waals surface area contributed by atoms with Crippen LogP contribution in [-0.4, -0.2) is 36.1 Å². The van der Waals surface area contributed by atoms with Crippen LogP contribution in [0.1, 0.15) is 12.8 Å². The maximum atomic E-state index is 12.8. The van der Waals surface area contributed by atoms with Crippen LogP contribution in [0, 0.1) is 0 Å². The fraction of sp³-hybridized carbons (Fsp3) is 0.385. The molecule has 0 N–H and O–H groups in total. The highest BCUT2D eigenvalue weighted by molar-refractivity contribution is 6.00. The number of hydrogen-bond acceptors (Lipinski definition) is 2. The van der Waals surface area contributed by atoms with Gasteiger partial charge in [-0.25, -0.2) is 4.90 Å². The molecular weight excluding hydrogens is 273 g/mol. The predicted molar refractivity (Wildman–Crippen MR) is 65.8 cm³/mol. The van der Waals surface area contributed by atoms with Gasteiger partial charge in [-0.3, -0.25) is 9.59 Å². The fourth-order valence-electron chi connectivity index (χ4n) is 2.24. The van der Waals surface area contributed by atoms with E-state index in [1.807, 2.05) is 0 Å². The average molecular weight is 286 g/mol. The van der Waals surface area contributed by atoms with E-state index >= 15 is 0 Å². The molecule has 0 radical (unpaired) electrons. The number of likely N-dealkylation sites (N-methyl/N-ethyl adjacent to an activating group) is 1. The Kier molecular flexibility index (Phi) is 3.69. The van der Waals surface area contributed by atoms with Gasteiger partial charge in [0.25, 0.3) is 0 Å². The summed E-state index contributed by atoms with van der Waals surface area (Å²) in [6.45, 7) is 0. The second-order valence-corrected chi connectivity index (χ2v) is 4.52. The molecule has 1 saturated heterocycles. The zero-order chi connectivity index (χ0) is 14.9. The van der Waals surface area contributed by atoms with Crippen LogP contribution >= 0.6 is 0 Å². The summed E-state index contributed by atoms with van der Waals surface area (Å²) in [5.41, 5.74) is 0.485. The third kappa shape index (κ3) is 2.61. The first-order valence-electron chi connectivity index (χ1n) is 6.04. The Morgan fingerprint density at radius 2 is 1.90 bits per heavy atom. The van der Waals surface area contributed by atoms with Crippen molar-refractivity contribution in [2.24, 2.45) is 0 Å². The Morgan fingerprint density at radius 1 is 1.30 bits per heavy atom. The van der Waals surface area contributed by atoms with Crippen molar-refractivity contribution in [2.75, 3.05) is 11.9 Å². The van der Waals surface area contributed by atoms with Gasteiger partial charge in [0.1, 0.15) is 6.04 Å². The van der Waals surface area contributed by atoms with Gasteiger partial charge in [0.2, 0.25) is 11.8 Å². The van der Waals surface area contributed by atoms with Gasteiger partial charge in [-0.05, 0) is 18.6 Å². The van der Waals surface area contributed by atoms with Gasteiger partial charge < -0.3 is 4.90 Å². The van der Waals surface area contributed by atoms with Crippen LogP contribution in [0.15, 0.2) is 30.3 Å². The molecule has 7 heteroatoms. The van der Waals surface area contributed by atoms with Crippen molar-refractivity contribution >= 4 is 17.5 Å². The molecule has 1 aliphatic heterocycles. The molecule has 1 heterocycles. The Hall–Kier alpha value is -2.05. The fourth-order valence-corrected chi connectivity index (χ4v) is 2.24. The SMILES string of the molecule is CN(C(=O)[C@@H]1CCC(=O)N1C(F)(F)F)c1ccccc1. The summed E-state index contributed by atoms with van der Waals surface area (Å²) in [7, 11) is 1.40. The van der Waals surface area contributed by atoms with Crippen molar-refractivity contribution in [3.8, 4) is 0 Å². The smallest absolute Gasteiger partial charge is 0.314 e. The summed E-state index contributed by atoms with van der Waals surface area (Å²) in [6, 6.07) is 6.86. The number of amides is 2. The van der Waals surface area contributed by atoms with E-state index in [-0.39, 0.29) is 17.7 Å². The van der Waals surface area contributed by atoms with Gasteiger partial charge in [-0.15, -0.1) is 13.2 Å². The summed E-state index contributed by atoms with van der Waals surface area (Å²) in [6.07, 6.45) is -5.21. The second kappa shape index (κ2) is 5.15. The molecule has 2 amide bonds. The summed E-state index contributed by atoms with van der Waals surface area (Å²) in [5.74, 6) is -1.79. The first-order chi connectivity index (χ1) is 9.32. The van der Waals surface area contributed by atoms with Gasteiger partial charge in [0, 0.05) is 19.2 Å². The molecule has 0 saturated carbocycles. The Labute approximate surface area is 113 Å². The maximum absolute atomic E-state index is 12.8. The van der Waals surface area contributed by atoms with Crippen molar-refractivity contribution in [3.05, 3.63) is 30.3 Å². The largest absolute Gasteiger partial charge is 0.487 e. The molecule has 1 atom stereocenters. The topological polar surface area (TPSA) is 40.6 Å². The van der Waals surface area contributed by atoms with E-state index in [0.717, 1.165) is 4.90 Å². The van der Waals surface area contributed by atoms with Crippen LogP contribution in [0.2, 0.25) is 0 Å². The minimum atomic E-state index is -4.83. The standard InChI is InChI=1S/C13H13F3N2O2/c1-17(9-5-3-2-4-6-9)12(20)10-7-8-11(19)18(10)13(14,15)16/h2-6,10H,7-8H2,1H3/t10-/m0/s1. The normalized spacial score (nSPS) is 19.3. The summed E-state index contributed by atoms with van der Waals surface area (Å²) >= 11 is 0. The van der Waals surface area contributed by atoms with Crippen LogP contribution in [0.5, 0.6) is 0 Å². The molecule has 2 rings (SSSR count). The van der Waals surface area contributed by atoms with E-state index in [0.29, 0.717) is 5.69 Å². The van der Waals surface area contributed by atoms with Crippen molar-refractivity contribution in [1.29, 1.82) is 0 Å². The molecule has 0 aliphatic carbocycles. The monoisotopic (exact) mass is 286 g/mol. The predicted octanol–water partition coefficient (Wildman–Crippen LogP) is 2.16. The number of carbonyl (C=O) groups excluding carboxylic acids is 2. The van der Waals surface area contributed by atoms with E-state index in [9.17, 15) is 22.8 Å². The van der Waals surface area contributed by atoms with E-state index in [1.165, 1.54) is 7.05 Å². The quantitative estimate of drug-likeness (QED) is 0.782. The van der Waals surface area contributed by atoms with Gasteiger partial charge in [-0.1, -0.05) is 18.2 Å². The van der Waals surface area contributed by atoms with E-state index < -0.39 is 24.2 Å². The lowest BCUT2D eigenvalue weighted by Gasteiger charge is -2.29. The molecule has 0 unspecified atom stereocenters. The van der Waals surface area contributed by atoms with Crippen LogP contribution in [0.25, 0.3) is 0 Å². The van der Waals surface area contributed by atoms with E-state index in [1.54, 1.807) is 30.3 Å². The lowest BCUT2D eigenvalue weighted by Crippen LogP contribution is -2.51. The summed E-state index contributed by atoms with van der Waals surface area (Å²) in [5, 5.41) is 0. The molecule has 0 aromatic heterocycles. The number of halogens is 3. The van der Waals surface area contributed by atoms with Crippen LogP contribution in [0.4, 0.5) is 18.9 Å². The number of para-hydroxylation sites is 1. The minimum absolute atomic E-state index is 0.117. The molecule has 1 fully saturated rings. The Morgan fingerprint density at radius 3 is 2.45 bits per heavy atom. The van der Waals surface area contributed by atoms with Gasteiger partial charge in [-0.2, -0.15) is 0 Å². The van der Waals surface area contributed by atoms with Crippen LogP contribution in [-0.2, 0) is 9.59 Å². The average Bonchev–Trinajstić information content (AvgIpc) is 2.80. The summed E-state index contributed by atoms with van der Waals surface area (Å²) < 4.78 is 38.5. The number of hydrogen-bond donors (Lipinski definition) is 0. The zero-order valence-corrected chi connectivity index (χ0v) is 10.7. The number of rotatable bonds is 2. The molecule has 1 aromatic rings. The zero-order valence-electron chi connectivity index (χ0n) is 10.7. The highest BCUT2D eigenvalue weighted by atomic mass is 19.4. The van der Waals surface area contributed by atoms with Crippen molar-refractivity contribution in [1.82, 2.24) is 4.90 Å². The number of benzene rings is 1. The lowest BCUT2D eigenvalue weighted by atomic mass is 10.2. The minimum Gasteiger partial charge on any atom is -0.314 e. The van der Waals surface area contributed by atoms with Gasteiger partial charge >= 0.3 is 6.30 Å². The van der Waals surface area contributed by atoms with Crippen molar-refractivity contribution in [2.45, 2.75) is 25.2 Å². The molecule has 20 heavy (non-hydrogen) atoms. The molecule has 1 aromatic carbocycles. The third-order valence-corrected chi connectivity index (χ3v) is 3.24. The van der Waals surface area contributed by atoms with Crippen LogP contribution < -0.4 is 4.90 Å². The van der Waals surface area contributed by atoms with Gasteiger partial charge in [0.05, 0.1) is 0 Å². The number of anilines is 1. The maximum Gasteiger partial charge on any atom is 0.487 e. The summed E-state index contributed by atoms with van der Waals surface area (Å²) in [4.78, 5) is 24.4. The first kappa shape index (κ1) is 14.4. The molecule has 1 aliphatic rings. The van der Waals surface area contributed by atoms with E-state index in [4.69, 9.17) is 0 Å². The Balaban J connectivity index is 2.22. The van der Waals surface area contributed by atoms with Crippen molar-refractivity contribution < 1.29 is 22.8 Å².